The molecule has 2 amide bonds. The first kappa shape index (κ1) is 19.4. The van der Waals surface area contributed by atoms with Crippen LogP contribution < -0.4 is 10.6 Å². The number of likely N-dealkylation sites (tertiary alicyclic amines) is 1. The number of carbonyl (C=O) groups is 2. The van der Waals surface area contributed by atoms with E-state index in [2.05, 4.69) is 26.6 Å². The van der Waals surface area contributed by atoms with Crippen molar-refractivity contribution in [3.8, 4) is 0 Å². The number of amides is 2. The van der Waals surface area contributed by atoms with Gasteiger partial charge < -0.3 is 15.5 Å². The summed E-state index contributed by atoms with van der Waals surface area (Å²) in [4.78, 5) is 26.6. The Labute approximate surface area is 158 Å². The number of hydrogen-bond donors (Lipinski definition) is 3. The van der Waals surface area contributed by atoms with Crippen molar-refractivity contribution in [1.29, 1.82) is 5.41 Å². The smallest absolute Gasteiger partial charge is 0.237 e. The molecule has 0 aromatic heterocycles. The minimum absolute atomic E-state index is 0.00717. The number of benzene rings is 1. The predicted molar refractivity (Wildman–Crippen MR) is 98.2 cm³/mol. The van der Waals surface area contributed by atoms with Crippen LogP contribution in [-0.4, -0.2) is 42.5 Å². The summed E-state index contributed by atoms with van der Waals surface area (Å²) >= 11 is 8.93. The number of rotatable bonds is 5. The van der Waals surface area contributed by atoms with Crippen molar-refractivity contribution in [2.75, 3.05) is 26.0 Å². The normalized spacial score (nSPS) is 21.0. The van der Waals surface area contributed by atoms with Crippen molar-refractivity contribution in [3.63, 3.8) is 0 Å². The number of nitrogens with zero attached hydrogens (tertiary/aromatic N) is 1. The Hall–Kier alpha value is -1.93. The summed E-state index contributed by atoms with van der Waals surface area (Å²) in [7, 11) is 3.20. The number of nitrogens with one attached hydrogen (secondary N) is 3. The molecular formula is C16H17BrClFN4O2. The second-order valence-electron chi connectivity index (χ2n) is 5.56. The zero-order valence-corrected chi connectivity index (χ0v) is 15.9. The maximum atomic E-state index is 13.8. The average Bonchev–Trinajstić information content (AvgIpc) is 2.85. The SMILES string of the molecule is CN/C(=C(\Br)C(=N)Cl)C1CN(C)C(=O)[C@@H]1C(=O)Nc1ccccc1F. The number of anilines is 1. The second kappa shape index (κ2) is 7.97. The van der Waals surface area contributed by atoms with Gasteiger partial charge in [0, 0.05) is 32.3 Å². The molecule has 1 fully saturated rings. The van der Waals surface area contributed by atoms with Crippen LogP contribution in [-0.2, 0) is 9.59 Å². The maximum absolute atomic E-state index is 13.8. The first-order valence-electron chi connectivity index (χ1n) is 7.40. The van der Waals surface area contributed by atoms with Crippen LogP contribution in [0.1, 0.15) is 0 Å². The van der Waals surface area contributed by atoms with E-state index in [1.807, 2.05) is 0 Å². The molecule has 6 nitrogen and oxygen atoms in total. The number of para-hydroxylation sites is 1. The fourth-order valence-electron chi connectivity index (χ4n) is 2.80. The van der Waals surface area contributed by atoms with Crippen LogP contribution in [0.2, 0.25) is 0 Å². The molecule has 1 saturated heterocycles. The van der Waals surface area contributed by atoms with E-state index in [0.29, 0.717) is 5.70 Å². The van der Waals surface area contributed by atoms with Gasteiger partial charge in [-0.25, -0.2) is 4.39 Å². The molecule has 2 rings (SSSR count). The Bertz CT molecular complexity index is 755. The van der Waals surface area contributed by atoms with Crippen LogP contribution in [0.3, 0.4) is 0 Å². The van der Waals surface area contributed by atoms with E-state index in [4.69, 9.17) is 17.0 Å². The van der Waals surface area contributed by atoms with Gasteiger partial charge >= 0.3 is 0 Å². The van der Waals surface area contributed by atoms with E-state index in [9.17, 15) is 14.0 Å². The fraction of sp³-hybridized carbons (Fsp3) is 0.312. The van der Waals surface area contributed by atoms with Gasteiger partial charge in [0.15, 0.2) is 0 Å². The number of carbonyl (C=O) groups excluding carboxylic acids is 2. The van der Waals surface area contributed by atoms with Crippen molar-refractivity contribution >= 4 is 50.2 Å². The van der Waals surface area contributed by atoms with Crippen molar-refractivity contribution < 1.29 is 14.0 Å². The minimum atomic E-state index is -1.06. The molecule has 0 radical (unpaired) electrons. The predicted octanol–water partition coefficient (Wildman–Crippen LogP) is 2.51. The van der Waals surface area contributed by atoms with Crippen molar-refractivity contribution in [1.82, 2.24) is 10.2 Å². The Balaban J connectivity index is 2.36. The molecule has 134 valence electrons. The lowest BCUT2D eigenvalue weighted by Gasteiger charge is -2.21. The molecule has 1 aromatic rings. The van der Waals surface area contributed by atoms with E-state index in [1.165, 1.54) is 23.1 Å². The van der Waals surface area contributed by atoms with Gasteiger partial charge in [-0.3, -0.25) is 15.0 Å². The first-order chi connectivity index (χ1) is 11.8. The highest BCUT2D eigenvalue weighted by Crippen LogP contribution is 2.33. The molecule has 0 saturated carbocycles. The summed E-state index contributed by atoms with van der Waals surface area (Å²) in [5, 5.41) is 12.7. The summed E-state index contributed by atoms with van der Waals surface area (Å²) < 4.78 is 14.1. The maximum Gasteiger partial charge on any atom is 0.237 e. The van der Waals surface area contributed by atoms with Crippen LogP contribution >= 0.6 is 27.5 Å². The molecule has 25 heavy (non-hydrogen) atoms. The van der Waals surface area contributed by atoms with Crippen LogP contribution in [0.25, 0.3) is 0 Å². The van der Waals surface area contributed by atoms with Crippen molar-refractivity contribution in [2.24, 2.45) is 11.8 Å². The molecule has 0 spiro atoms. The zero-order chi connectivity index (χ0) is 18.7. The second-order valence-corrected chi connectivity index (χ2v) is 6.73. The Morgan fingerprint density at radius 2 is 2.08 bits per heavy atom. The van der Waals surface area contributed by atoms with Gasteiger partial charge in [0.05, 0.1) is 10.2 Å². The highest BCUT2D eigenvalue weighted by molar-refractivity contribution is 9.12. The first-order valence-corrected chi connectivity index (χ1v) is 8.57. The van der Waals surface area contributed by atoms with Crippen LogP contribution in [0.15, 0.2) is 34.4 Å². The van der Waals surface area contributed by atoms with Crippen LogP contribution in [0, 0.1) is 23.1 Å². The minimum Gasteiger partial charge on any atom is -0.390 e. The molecule has 1 aliphatic heterocycles. The van der Waals surface area contributed by atoms with Gasteiger partial charge in [0.25, 0.3) is 0 Å². The third-order valence-electron chi connectivity index (χ3n) is 4.00. The zero-order valence-electron chi connectivity index (χ0n) is 13.6. The number of hydrogen-bond acceptors (Lipinski definition) is 4. The van der Waals surface area contributed by atoms with E-state index < -0.39 is 23.6 Å². The number of halogens is 3. The van der Waals surface area contributed by atoms with E-state index in [1.54, 1.807) is 20.2 Å². The van der Waals surface area contributed by atoms with E-state index in [-0.39, 0.29) is 27.8 Å². The summed E-state index contributed by atoms with van der Waals surface area (Å²) in [6, 6.07) is 5.74. The van der Waals surface area contributed by atoms with Gasteiger partial charge in [-0.05, 0) is 28.1 Å². The lowest BCUT2D eigenvalue weighted by Crippen LogP contribution is -2.35. The lowest BCUT2D eigenvalue weighted by atomic mass is 9.91. The standard InChI is InChI=1S/C16H17BrClFN4O2/c1-21-13(12(17)14(18)20)8-7-23(2)16(25)11(8)15(24)22-10-6-4-3-5-9(10)19/h3-6,8,11,20-21H,7H2,1-2H3,(H,22,24)/b13-12-,20-14?/t8?,11-/m0/s1. The molecule has 9 heteroatoms. The highest BCUT2D eigenvalue weighted by atomic mass is 79.9. The molecule has 1 aliphatic rings. The molecule has 0 bridgehead atoms. The third kappa shape index (κ3) is 4.01. The third-order valence-corrected chi connectivity index (χ3v) is 5.24. The molecule has 3 N–H and O–H groups in total. The molecule has 1 unspecified atom stereocenters. The fourth-order valence-corrected chi connectivity index (χ4v) is 3.40. The van der Waals surface area contributed by atoms with Crippen LogP contribution in [0.4, 0.5) is 10.1 Å². The van der Waals surface area contributed by atoms with Crippen molar-refractivity contribution in [2.45, 2.75) is 0 Å². The Kier molecular flexibility index (Phi) is 6.18. The summed E-state index contributed by atoms with van der Waals surface area (Å²) in [5.41, 5.74) is 0.471. The largest absolute Gasteiger partial charge is 0.390 e. The van der Waals surface area contributed by atoms with Gasteiger partial charge in [-0.15, -0.1) is 0 Å². The van der Waals surface area contributed by atoms with Gasteiger partial charge in [0.2, 0.25) is 11.8 Å². The molecular weight excluding hydrogens is 415 g/mol. The van der Waals surface area contributed by atoms with Crippen molar-refractivity contribution in [3.05, 3.63) is 40.3 Å². The molecule has 1 heterocycles. The van der Waals surface area contributed by atoms with Gasteiger partial charge in [-0.1, -0.05) is 23.7 Å². The quantitative estimate of drug-likeness (QED) is 0.495. The number of allylic oxidation sites excluding steroid dienone is 1. The molecule has 1 aromatic carbocycles. The lowest BCUT2D eigenvalue weighted by molar-refractivity contribution is -0.135. The summed E-state index contributed by atoms with van der Waals surface area (Å²) in [6.45, 7) is 0.267. The Morgan fingerprint density at radius 1 is 1.44 bits per heavy atom. The molecule has 2 atom stereocenters. The van der Waals surface area contributed by atoms with Crippen LogP contribution in [0.5, 0.6) is 0 Å². The summed E-state index contributed by atoms with van der Waals surface area (Å²) in [5.74, 6) is -3.19. The average molecular weight is 432 g/mol. The van der Waals surface area contributed by atoms with Gasteiger partial charge in [-0.2, -0.15) is 0 Å². The van der Waals surface area contributed by atoms with Gasteiger partial charge in [0.1, 0.15) is 16.9 Å². The van der Waals surface area contributed by atoms with E-state index in [0.717, 1.165) is 0 Å². The van der Waals surface area contributed by atoms with E-state index >= 15 is 0 Å². The topological polar surface area (TPSA) is 85.3 Å². The monoisotopic (exact) mass is 430 g/mol. The summed E-state index contributed by atoms with van der Waals surface area (Å²) in [6.07, 6.45) is 0. The molecule has 0 aliphatic carbocycles. The highest BCUT2D eigenvalue weighted by Gasteiger charge is 2.46. The Morgan fingerprint density at radius 3 is 2.64 bits per heavy atom.